The SMILES string of the molecule is CCCCCCC(=O)Nc1ccc([C@@H]2SCC(=O)N2c2ccc3c(c2)OCO3)cc1. The van der Waals surface area contributed by atoms with E-state index in [1.165, 1.54) is 6.42 Å². The van der Waals surface area contributed by atoms with Gasteiger partial charge in [-0.1, -0.05) is 38.3 Å². The molecule has 2 aliphatic heterocycles. The van der Waals surface area contributed by atoms with Crippen molar-refractivity contribution >= 4 is 35.0 Å². The molecule has 30 heavy (non-hydrogen) atoms. The lowest BCUT2D eigenvalue weighted by molar-refractivity contribution is -0.116. The van der Waals surface area contributed by atoms with Crippen molar-refractivity contribution in [2.75, 3.05) is 22.8 Å². The Kier molecular flexibility index (Phi) is 6.47. The molecule has 7 heteroatoms. The lowest BCUT2D eigenvalue weighted by Gasteiger charge is -2.24. The summed E-state index contributed by atoms with van der Waals surface area (Å²) >= 11 is 1.59. The highest BCUT2D eigenvalue weighted by molar-refractivity contribution is 8.00. The van der Waals surface area contributed by atoms with E-state index in [0.29, 0.717) is 23.7 Å². The molecule has 0 unspecified atom stereocenters. The van der Waals surface area contributed by atoms with Crippen LogP contribution in [0.1, 0.15) is 50.0 Å². The van der Waals surface area contributed by atoms with Crippen molar-refractivity contribution in [3.05, 3.63) is 48.0 Å². The first-order chi connectivity index (χ1) is 14.7. The highest BCUT2D eigenvalue weighted by Gasteiger charge is 2.34. The molecule has 1 saturated heterocycles. The van der Waals surface area contributed by atoms with Crippen LogP contribution < -0.4 is 19.7 Å². The van der Waals surface area contributed by atoms with Crippen molar-refractivity contribution in [1.29, 1.82) is 0 Å². The van der Waals surface area contributed by atoms with Gasteiger partial charge in [0.15, 0.2) is 11.5 Å². The van der Waals surface area contributed by atoms with Gasteiger partial charge in [0.1, 0.15) is 5.37 Å². The van der Waals surface area contributed by atoms with Crippen LogP contribution >= 0.6 is 11.8 Å². The van der Waals surface area contributed by atoms with Gasteiger partial charge in [0.25, 0.3) is 0 Å². The fourth-order valence-electron chi connectivity index (χ4n) is 3.65. The molecule has 0 spiro atoms. The average Bonchev–Trinajstić information content (AvgIpc) is 3.37. The van der Waals surface area contributed by atoms with Crippen LogP contribution in [0.4, 0.5) is 11.4 Å². The first-order valence-electron chi connectivity index (χ1n) is 10.4. The minimum Gasteiger partial charge on any atom is -0.454 e. The topological polar surface area (TPSA) is 67.9 Å². The largest absolute Gasteiger partial charge is 0.454 e. The second-order valence-electron chi connectivity index (χ2n) is 7.45. The maximum Gasteiger partial charge on any atom is 0.238 e. The molecule has 2 amide bonds. The van der Waals surface area contributed by atoms with Crippen molar-refractivity contribution in [2.45, 2.75) is 44.4 Å². The number of rotatable bonds is 8. The molecule has 0 saturated carbocycles. The number of nitrogens with zero attached hydrogens (tertiary/aromatic N) is 1. The third-order valence-corrected chi connectivity index (χ3v) is 6.45. The second-order valence-corrected chi connectivity index (χ2v) is 8.51. The van der Waals surface area contributed by atoms with Crippen molar-refractivity contribution in [1.82, 2.24) is 0 Å². The van der Waals surface area contributed by atoms with Crippen LogP contribution in [-0.2, 0) is 9.59 Å². The highest BCUT2D eigenvalue weighted by Crippen LogP contribution is 2.44. The Morgan fingerprint density at radius 1 is 1.10 bits per heavy atom. The van der Waals surface area contributed by atoms with E-state index in [2.05, 4.69) is 12.2 Å². The molecule has 158 valence electrons. The number of hydrogen-bond acceptors (Lipinski definition) is 5. The summed E-state index contributed by atoms with van der Waals surface area (Å²) < 4.78 is 10.8. The number of anilines is 2. The number of benzene rings is 2. The number of carbonyl (C=O) groups is 2. The number of carbonyl (C=O) groups excluding carboxylic acids is 2. The number of thioether (sulfide) groups is 1. The van der Waals surface area contributed by atoms with Crippen molar-refractivity contribution in [2.24, 2.45) is 0 Å². The van der Waals surface area contributed by atoms with Crippen LogP contribution in [0.3, 0.4) is 0 Å². The van der Waals surface area contributed by atoms with Gasteiger partial charge >= 0.3 is 0 Å². The molecule has 0 aromatic heterocycles. The molecule has 1 fully saturated rings. The third-order valence-electron chi connectivity index (χ3n) is 5.24. The number of hydrogen-bond donors (Lipinski definition) is 1. The number of nitrogens with one attached hydrogen (secondary N) is 1. The first-order valence-corrected chi connectivity index (χ1v) is 11.4. The molecule has 2 aromatic carbocycles. The van der Waals surface area contributed by atoms with Gasteiger partial charge in [-0.05, 0) is 36.2 Å². The summed E-state index contributed by atoms with van der Waals surface area (Å²) in [6.45, 7) is 2.36. The Balaban J connectivity index is 1.43. The van der Waals surface area contributed by atoms with E-state index in [0.717, 1.165) is 36.2 Å². The van der Waals surface area contributed by atoms with Crippen LogP contribution in [0.15, 0.2) is 42.5 Å². The first kappa shape index (κ1) is 20.6. The molecule has 2 aromatic rings. The van der Waals surface area contributed by atoms with E-state index in [-0.39, 0.29) is 24.0 Å². The predicted molar refractivity (Wildman–Crippen MR) is 119 cm³/mol. The van der Waals surface area contributed by atoms with E-state index in [4.69, 9.17) is 9.47 Å². The number of fused-ring (bicyclic) bond motifs is 1. The lowest BCUT2D eigenvalue weighted by atomic mass is 10.1. The monoisotopic (exact) mass is 426 g/mol. The maximum atomic E-state index is 12.6. The van der Waals surface area contributed by atoms with E-state index < -0.39 is 0 Å². The van der Waals surface area contributed by atoms with Gasteiger partial charge in [-0.3, -0.25) is 14.5 Å². The molecule has 0 radical (unpaired) electrons. The Labute approximate surface area is 180 Å². The quantitative estimate of drug-likeness (QED) is 0.595. The molecule has 1 atom stereocenters. The second kappa shape index (κ2) is 9.43. The van der Waals surface area contributed by atoms with Crippen LogP contribution in [0.5, 0.6) is 11.5 Å². The standard InChI is InChI=1S/C23H26N2O4S/c1-2-3-4-5-6-21(26)24-17-9-7-16(8-10-17)23-25(22(27)14-30-23)18-11-12-19-20(13-18)29-15-28-19/h7-13,23H,2-6,14-15H2,1H3,(H,24,26)/t23-/m0/s1. The maximum absolute atomic E-state index is 12.6. The highest BCUT2D eigenvalue weighted by atomic mass is 32.2. The minimum atomic E-state index is -0.114. The zero-order valence-corrected chi connectivity index (χ0v) is 17.9. The average molecular weight is 427 g/mol. The van der Waals surface area contributed by atoms with Gasteiger partial charge < -0.3 is 14.8 Å². The summed E-state index contributed by atoms with van der Waals surface area (Å²) in [5.74, 6) is 1.90. The number of ether oxygens (including phenoxy) is 2. The molecule has 4 rings (SSSR count). The molecular formula is C23H26N2O4S. The fraction of sp³-hybridized carbons (Fsp3) is 0.391. The lowest BCUT2D eigenvalue weighted by Crippen LogP contribution is -2.27. The number of amides is 2. The summed E-state index contributed by atoms with van der Waals surface area (Å²) in [7, 11) is 0. The van der Waals surface area contributed by atoms with Crippen LogP contribution in [0.25, 0.3) is 0 Å². The third kappa shape index (κ3) is 4.56. The molecule has 0 bridgehead atoms. The molecule has 2 heterocycles. The molecule has 6 nitrogen and oxygen atoms in total. The van der Waals surface area contributed by atoms with E-state index >= 15 is 0 Å². The Bertz CT molecular complexity index is 916. The molecular weight excluding hydrogens is 400 g/mol. The van der Waals surface area contributed by atoms with Crippen LogP contribution in [-0.4, -0.2) is 24.4 Å². The van der Waals surface area contributed by atoms with Crippen molar-refractivity contribution in [3.8, 4) is 11.5 Å². The van der Waals surface area contributed by atoms with Gasteiger partial charge in [-0.25, -0.2) is 0 Å². The van der Waals surface area contributed by atoms with E-state index in [1.807, 2.05) is 42.5 Å². The van der Waals surface area contributed by atoms with Gasteiger partial charge in [0, 0.05) is 23.9 Å². The summed E-state index contributed by atoms with van der Waals surface area (Å²) in [5, 5.41) is 2.85. The Hall–Kier alpha value is -2.67. The van der Waals surface area contributed by atoms with Gasteiger partial charge in [0.2, 0.25) is 18.6 Å². The van der Waals surface area contributed by atoms with Gasteiger partial charge in [-0.15, -0.1) is 11.8 Å². The predicted octanol–water partition coefficient (Wildman–Crippen LogP) is 5.10. The van der Waals surface area contributed by atoms with Crippen LogP contribution in [0.2, 0.25) is 0 Å². The fourth-order valence-corrected chi connectivity index (χ4v) is 4.83. The van der Waals surface area contributed by atoms with Gasteiger partial charge in [0.05, 0.1) is 5.75 Å². The molecule has 0 aliphatic carbocycles. The molecule has 1 N–H and O–H groups in total. The van der Waals surface area contributed by atoms with E-state index in [1.54, 1.807) is 16.7 Å². The number of unbranched alkanes of at least 4 members (excludes halogenated alkanes) is 3. The zero-order valence-electron chi connectivity index (χ0n) is 17.1. The van der Waals surface area contributed by atoms with Crippen LogP contribution in [0, 0.1) is 0 Å². The summed E-state index contributed by atoms with van der Waals surface area (Å²) in [4.78, 5) is 26.5. The van der Waals surface area contributed by atoms with Gasteiger partial charge in [-0.2, -0.15) is 0 Å². The smallest absolute Gasteiger partial charge is 0.238 e. The summed E-state index contributed by atoms with van der Waals surface area (Å²) in [6, 6.07) is 13.3. The van der Waals surface area contributed by atoms with E-state index in [9.17, 15) is 9.59 Å². The summed E-state index contributed by atoms with van der Waals surface area (Å²) in [5.41, 5.74) is 2.59. The van der Waals surface area contributed by atoms with Crippen molar-refractivity contribution in [3.63, 3.8) is 0 Å². The van der Waals surface area contributed by atoms with Crippen molar-refractivity contribution < 1.29 is 19.1 Å². The minimum absolute atomic E-state index is 0.0475. The Morgan fingerprint density at radius 3 is 2.70 bits per heavy atom. The zero-order chi connectivity index (χ0) is 20.9. The molecule has 2 aliphatic rings. The Morgan fingerprint density at radius 2 is 1.90 bits per heavy atom. The summed E-state index contributed by atoms with van der Waals surface area (Å²) in [6.07, 6.45) is 4.88. The normalized spacial score (nSPS) is 17.4.